The number of nitrogens with one attached hydrogen (secondary N) is 2. The lowest BCUT2D eigenvalue weighted by molar-refractivity contribution is 0.584. The maximum atomic E-state index is 14.5. The van der Waals surface area contributed by atoms with Crippen LogP contribution in [0.25, 0.3) is 10.9 Å². The summed E-state index contributed by atoms with van der Waals surface area (Å²) >= 11 is 0. The van der Waals surface area contributed by atoms with Crippen LogP contribution in [0.15, 0.2) is 52.9 Å². The number of fused-ring (bicyclic) bond motifs is 1. The Bertz CT molecular complexity index is 1050. The molecule has 0 aliphatic heterocycles. The minimum absolute atomic E-state index is 0.00456. The van der Waals surface area contributed by atoms with E-state index in [4.69, 9.17) is 17.1 Å². The van der Waals surface area contributed by atoms with E-state index in [2.05, 4.69) is 25.6 Å². The van der Waals surface area contributed by atoms with E-state index in [0.717, 1.165) is 17.1 Å². The molecule has 0 aliphatic rings. The van der Waals surface area contributed by atoms with Crippen molar-refractivity contribution in [1.82, 2.24) is 9.97 Å². The smallest absolute Gasteiger partial charge is 0.166 e. The lowest BCUT2D eigenvalue weighted by Crippen LogP contribution is -2.30. The summed E-state index contributed by atoms with van der Waals surface area (Å²) in [6.07, 6.45) is 2.72. The van der Waals surface area contributed by atoms with Crippen LogP contribution in [-0.2, 0) is 0 Å². The second-order valence-electron chi connectivity index (χ2n) is 6.53. The highest BCUT2D eigenvalue weighted by atomic mass is 19.1. The summed E-state index contributed by atoms with van der Waals surface area (Å²) in [4.78, 5) is 8.61. The van der Waals surface area contributed by atoms with Crippen molar-refractivity contribution in [3.63, 3.8) is 0 Å². The van der Waals surface area contributed by atoms with Crippen LogP contribution in [0.1, 0.15) is 19.4 Å². The maximum absolute atomic E-state index is 14.5. The second kappa shape index (κ2) is 8.57. The van der Waals surface area contributed by atoms with Gasteiger partial charge in [-0.25, -0.2) is 15.2 Å². The van der Waals surface area contributed by atoms with E-state index in [1.807, 2.05) is 24.3 Å². The standard InChI is InChI=1S/C19H22FN9/c1-11(12(2)27-28-22)25-18-16(20)9-14(10-21)19(26-18)29(23)15-5-6-17-13(8-15)4-3-7-24-17/h3-12,21H,23H2,1-2H3,(H2,22,27)(H,25,26)/t11-,12+/m1/s1. The first-order valence-corrected chi connectivity index (χ1v) is 8.91. The number of anilines is 3. The van der Waals surface area contributed by atoms with Gasteiger partial charge in [0.25, 0.3) is 0 Å². The molecule has 0 radical (unpaired) electrons. The van der Waals surface area contributed by atoms with Gasteiger partial charge in [0.2, 0.25) is 0 Å². The summed E-state index contributed by atoms with van der Waals surface area (Å²) in [7, 11) is 0. The number of rotatable bonds is 7. The van der Waals surface area contributed by atoms with Crippen LogP contribution < -0.4 is 22.0 Å². The number of hydrazine groups is 1. The number of hydrogen-bond donors (Lipinski definition) is 4. The van der Waals surface area contributed by atoms with Crippen molar-refractivity contribution in [2.75, 3.05) is 10.3 Å². The fourth-order valence-corrected chi connectivity index (χ4v) is 2.77. The molecular formula is C19H22FN9. The Labute approximate surface area is 167 Å². The number of benzene rings is 1. The van der Waals surface area contributed by atoms with Gasteiger partial charge >= 0.3 is 0 Å². The molecular weight excluding hydrogens is 373 g/mol. The third kappa shape index (κ3) is 4.27. The first-order valence-electron chi connectivity index (χ1n) is 8.91. The Balaban J connectivity index is 1.98. The van der Waals surface area contributed by atoms with Gasteiger partial charge in [-0.15, -0.1) is 0 Å². The quantitative estimate of drug-likeness (QED) is 0.209. The minimum Gasteiger partial charge on any atom is -0.363 e. The lowest BCUT2D eigenvalue weighted by atomic mass is 10.1. The van der Waals surface area contributed by atoms with Gasteiger partial charge in [-0.05, 0) is 44.2 Å². The van der Waals surface area contributed by atoms with Gasteiger partial charge in [-0.1, -0.05) is 11.3 Å². The first kappa shape index (κ1) is 20.1. The molecule has 0 saturated carbocycles. The predicted octanol–water partition coefficient (Wildman–Crippen LogP) is 3.29. The molecule has 0 spiro atoms. The zero-order chi connectivity index (χ0) is 21.0. The maximum Gasteiger partial charge on any atom is 0.166 e. The Morgan fingerprint density at radius 2 is 2.07 bits per heavy atom. The third-order valence-electron chi connectivity index (χ3n) is 4.57. The monoisotopic (exact) mass is 395 g/mol. The van der Waals surface area contributed by atoms with Crippen molar-refractivity contribution in [3.8, 4) is 0 Å². The number of halogens is 1. The van der Waals surface area contributed by atoms with Crippen LogP contribution >= 0.6 is 0 Å². The van der Waals surface area contributed by atoms with Crippen LogP contribution in [0.5, 0.6) is 0 Å². The Morgan fingerprint density at radius 3 is 2.79 bits per heavy atom. The van der Waals surface area contributed by atoms with E-state index < -0.39 is 5.82 Å². The van der Waals surface area contributed by atoms with Crippen molar-refractivity contribution >= 4 is 34.4 Å². The van der Waals surface area contributed by atoms with Crippen LogP contribution in [0.2, 0.25) is 0 Å². The van der Waals surface area contributed by atoms with Gasteiger partial charge in [0.1, 0.15) is 0 Å². The molecule has 10 heteroatoms. The van der Waals surface area contributed by atoms with Crippen molar-refractivity contribution in [2.24, 2.45) is 22.0 Å². The highest BCUT2D eigenvalue weighted by molar-refractivity contribution is 5.89. The zero-order valence-electron chi connectivity index (χ0n) is 16.0. The largest absolute Gasteiger partial charge is 0.363 e. The van der Waals surface area contributed by atoms with Gasteiger partial charge in [0.05, 0.1) is 17.2 Å². The average molecular weight is 395 g/mol. The third-order valence-corrected chi connectivity index (χ3v) is 4.57. The molecule has 0 amide bonds. The molecule has 0 fully saturated rings. The number of hydrogen-bond acceptors (Lipinski definition) is 8. The zero-order valence-corrected chi connectivity index (χ0v) is 16.0. The minimum atomic E-state index is -0.605. The SMILES string of the molecule is C[C@H](N=NN)[C@@H](C)Nc1nc(N(N)c2ccc3ncccc3c2)c(C=N)cc1F. The van der Waals surface area contributed by atoms with Gasteiger partial charge in [0.15, 0.2) is 17.5 Å². The van der Waals surface area contributed by atoms with E-state index in [9.17, 15) is 4.39 Å². The van der Waals surface area contributed by atoms with E-state index in [1.54, 1.807) is 26.1 Å². The highest BCUT2D eigenvalue weighted by Gasteiger charge is 2.19. The Morgan fingerprint density at radius 1 is 1.28 bits per heavy atom. The molecule has 3 aromatic rings. The average Bonchev–Trinajstić information content (AvgIpc) is 2.74. The van der Waals surface area contributed by atoms with Crippen molar-refractivity contribution in [1.29, 1.82) is 5.41 Å². The van der Waals surface area contributed by atoms with Crippen molar-refractivity contribution in [2.45, 2.75) is 25.9 Å². The van der Waals surface area contributed by atoms with E-state index >= 15 is 0 Å². The Kier molecular flexibility index (Phi) is 5.93. The van der Waals surface area contributed by atoms with Gasteiger partial charge in [0, 0.05) is 29.4 Å². The fraction of sp³-hybridized carbons (Fsp3) is 0.211. The highest BCUT2D eigenvalue weighted by Crippen LogP contribution is 2.28. The summed E-state index contributed by atoms with van der Waals surface area (Å²) in [6, 6.07) is 9.83. The summed E-state index contributed by atoms with van der Waals surface area (Å²) in [5.74, 6) is 11.0. The van der Waals surface area contributed by atoms with Gasteiger partial charge in [-0.3, -0.25) is 9.99 Å². The number of nitrogens with two attached hydrogens (primary N) is 2. The van der Waals surface area contributed by atoms with Crippen LogP contribution in [0.3, 0.4) is 0 Å². The molecule has 6 N–H and O–H groups in total. The number of aromatic nitrogens is 2. The fourth-order valence-electron chi connectivity index (χ4n) is 2.77. The predicted molar refractivity (Wildman–Crippen MR) is 112 cm³/mol. The van der Waals surface area contributed by atoms with Crippen LogP contribution in [0, 0.1) is 11.2 Å². The molecule has 150 valence electrons. The first-order chi connectivity index (χ1) is 13.9. The van der Waals surface area contributed by atoms with E-state index in [-0.39, 0.29) is 29.3 Å². The molecule has 0 bridgehead atoms. The molecule has 0 aliphatic carbocycles. The van der Waals surface area contributed by atoms with E-state index in [0.29, 0.717) is 5.69 Å². The summed E-state index contributed by atoms with van der Waals surface area (Å²) in [6.45, 7) is 3.60. The molecule has 0 unspecified atom stereocenters. The topological polar surface area (TPSA) is 142 Å². The van der Waals surface area contributed by atoms with E-state index in [1.165, 1.54) is 11.1 Å². The summed E-state index contributed by atoms with van der Waals surface area (Å²) in [5, 5.41) is 19.9. The lowest BCUT2D eigenvalue weighted by Gasteiger charge is -2.23. The molecule has 2 atom stereocenters. The summed E-state index contributed by atoms with van der Waals surface area (Å²) in [5.41, 5.74) is 1.68. The van der Waals surface area contributed by atoms with Crippen LogP contribution in [-0.4, -0.2) is 28.3 Å². The normalized spacial score (nSPS) is 13.4. The molecule has 2 aromatic heterocycles. The second-order valence-corrected chi connectivity index (χ2v) is 6.53. The van der Waals surface area contributed by atoms with Crippen LogP contribution in [0.4, 0.5) is 21.7 Å². The van der Waals surface area contributed by atoms with Crippen molar-refractivity contribution < 1.29 is 4.39 Å². The Hall–Kier alpha value is -3.66. The molecule has 1 aromatic carbocycles. The van der Waals surface area contributed by atoms with Gasteiger partial charge in [-0.2, -0.15) is 5.11 Å². The van der Waals surface area contributed by atoms with Gasteiger partial charge < -0.3 is 16.6 Å². The molecule has 29 heavy (non-hydrogen) atoms. The number of nitrogens with zero attached hydrogens (tertiary/aromatic N) is 5. The molecule has 2 heterocycles. The molecule has 9 nitrogen and oxygen atoms in total. The van der Waals surface area contributed by atoms with Crippen molar-refractivity contribution in [3.05, 3.63) is 54.0 Å². The molecule has 0 saturated heterocycles. The number of pyridine rings is 2. The summed E-state index contributed by atoms with van der Waals surface area (Å²) < 4.78 is 14.5. The molecule has 3 rings (SSSR count).